The standard InChI is InChI=1S/C16H22N2O3/c1-4-18(13-6-7-13)16(19)10-21-15-8-5-11(2)9-14(15)12(3)17-20/h5,8-9,13,20H,4,6-7,10H2,1-3H3. The summed E-state index contributed by atoms with van der Waals surface area (Å²) in [6.45, 7) is 6.36. The summed E-state index contributed by atoms with van der Waals surface area (Å²) in [4.78, 5) is 14.0. The van der Waals surface area contributed by atoms with E-state index in [2.05, 4.69) is 5.16 Å². The van der Waals surface area contributed by atoms with Crippen molar-refractivity contribution in [1.82, 2.24) is 4.90 Å². The Balaban J connectivity index is 2.07. The third-order valence-corrected chi connectivity index (χ3v) is 3.67. The van der Waals surface area contributed by atoms with Crippen molar-refractivity contribution in [2.24, 2.45) is 5.16 Å². The first kappa shape index (κ1) is 15.4. The summed E-state index contributed by atoms with van der Waals surface area (Å²) in [5.74, 6) is 0.571. The molecule has 1 aromatic carbocycles. The number of rotatable bonds is 6. The van der Waals surface area contributed by atoms with Crippen molar-refractivity contribution in [1.29, 1.82) is 0 Å². The van der Waals surface area contributed by atoms with Crippen LogP contribution in [0.1, 0.15) is 37.8 Å². The van der Waals surface area contributed by atoms with Crippen LogP contribution in [0.25, 0.3) is 0 Å². The van der Waals surface area contributed by atoms with Crippen LogP contribution in [-0.4, -0.2) is 40.9 Å². The lowest BCUT2D eigenvalue weighted by atomic mass is 10.1. The van der Waals surface area contributed by atoms with Crippen LogP contribution in [0, 0.1) is 6.92 Å². The molecule has 0 radical (unpaired) electrons. The third kappa shape index (κ3) is 3.74. The first-order chi connectivity index (χ1) is 10.1. The fourth-order valence-electron chi connectivity index (χ4n) is 2.35. The minimum absolute atomic E-state index is 0.00474. The highest BCUT2D eigenvalue weighted by atomic mass is 16.5. The van der Waals surface area contributed by atoms with Crippen LogP contribution in [0.4, 0.5) is 0 Å². The van der Waals surface area contributed by atoms with E-state index in [1.54, 1.807) is 13.0 Å². The fourth-order valence-corrected chi connectivity index (χ4v) is 2.35. The van der Waals surface area contributed by atoms with Crippen LogP contribution in [0.5, 0.6) is 5.75 Å². The normalized spacial score (nSPS) is 14.9. The number of benzene rings is 1. The number of nitrogens with zero attached hydrogens (tertiary/aromatic N) is 2. The molecule has 5 heteroatoms. The average molecular weight is 290 g/mol. The van der Waals surface area contributed by atoms with E-state index in [0.717, 1.165) is 18.4 Å². The monoisotopic (exact) mass is 290 g/mol. The Labute approximate surface area is 125 Å². The van der Waals surface area contributed by atoms with Crippen LogP contribution in [0.3, 0.4) is 0 Å². The topological polar surface area (TPSA) is 62.1 Å². The average Bonchev–Trinajstić information content (AvgIpc) is 3.30. The van der Waals surface area contributed by atoms with Gasteiger partial charge in [0.25, 0.3) is 5.91 Å². The maximum absolute atomic E-state index is 12.2. The molecule has 0 aliphatic heterocycles. The Morgan fingerprint density at radius 2 is 2.19 bits per heavy atom. The summed E-state index contributed by atoms with van der Waals surface area (Å²) >= 11 is 0. The summed E-state index contributed by atoms with van der Waals surface area (Å²) in [5, 5.41) is 12.2. The summed E-state index contributed by atoms with van der Waals surface area (Å²) in [6, 6.07) is 5.99. The number of ether oxygens (including phenoxy) is 1. The van der Waals surface area contributed by atoms with Gasteiger partial charge in [-0.05, 0) is 45.7 Å². The molecule has 1 N–H and O–H groups in total. The van der Waals surface area contributed by atoms with E-state index in [1.807, 2.05) is 30.9 Å². The Morgan fingerprint density at radius 1 is 1.48 bits per heavy atom. The molecule has 21 heavy (non-hydrogen) atoms. The minimum Gasteiger partial charge on any atom is -0.483 e. The third-order valence-electron chi connectivity index (χ3n) is 3.67. The van der Waals surface area contributed by atoms with E-state index in [9.17, 15) is 4.79 Å². The molecule has 0 atom stereocenters. The van der Waals surface area contributed by atoms with Gasteiger partial charge in [0.2, 0.25) is 0 Å². The van der Waals surface area contributed by atoms with Crippen molar-refractivity contribution in [3.63, 3.8) is 0 Å². The van der Waals surface area contributed by atoms with Crippen LogP contribution in [0.2, 0.25) is 0 Å². The van der Waals surface area contributed by atoms with Gasteiger partial charge in [0.1, 0.15) is 5.75 Å². The largest absolute Gasteiger partial charge is 0.483 e. The maximum Gasteiger partial charge on any atom is 0.260 e. The van der Waals surface area contributed by atoms with Gasteiger partial charge in [-0.25, -0.2) is 0 Å². The molecule has 1 aliphatic carbocycles. The van der Waals surface area contributed by atoms with Gasteiger partial charge in [-0.3, -0.25) is 4.79 Å². The van der Waals surface area contributed by atoms with E-state index in [4.69, 9.17) is 9.94 Å². The minimum atomic E-state index is 0.00474. The SMILES string of the molecule is CCN(C(=O)COc1ccc(C)cc1C(C)=NO)C1CC1. The van der Waals surface area contributed by atoms with E-state index >= 15 is 0 Å². The van der Waals surface area contributed by atoms with Crippen LogP contribution < -0.4 is 4.74 Å². The second kappa shape index (κ2) is 6.61. The number of likely N-dealkylation sites (N-methyl/N-ethyl adjacent to an activating group) is 1. The Hall–Kier alpha value is -2.04. The highest BCUT2D eigenvalue weighted by Crippen LogP contribution is 2.27. The van der Waals surface area contributed by atoms with Gasteiger partial charge in [-0.1, -0.05) is 16.8 Å². The maximum atomic E-state index is 12.2. The molecule has 0 bridgehead atoms. The Kier molecular flexibility index (Phi) is 4.83. The van der Waals surface area contributed by atoms with Crippen molar-refractivity contribution in [3.8, 4) is 5.75 Å². The summed E-state index contributed by atoms with van der Waals surface area (Å²) < 4.78 is 5.65. The van der Waals surface area contributed by atoms with Gasteiger partial charge in [0.05, 0.1) is 5.71 Å². The quantitative estimate of drug-likeness (QED) is 0.497. The van der Waals surface area contributed by atoms with Crippen LogP contribution >= 0.6 is 0 Å². The lowest BCUT2D eigenvalue weighted by molar-refractivity contribution is -0.133. The number of carbonyl (C=O) groups excluding carboxylic acids is 1. The Bertz CT molecular complexity index is 550. The summed E-state index contributed by atoms with van der Waals surface area (Å²) in [6.07, 6.45) is 2.18. The van der Waals surface area contributed by atoms with Gasteiger partial charge < -0.3 is 14.8 Å². The van der Waals surface area contributed by atoms with Crippen molar-refractivity contribution in [3.05, 3.63) is 29.3 Å². The molecule has 5 nitrogen and oxygen atoms in total. The van der Waals surface area contributed by atoms with Crippen molar-refractivity contribution in [2.45, 2.75) is 39.7 Å². The zero-order valence-corrected chi connectivity index (χ0v) is 12.8. The second-order valence-electron chi connectivity index (χ2n) is 5.38. The smallest absolute Gasteiger partial charge is 0.260 e. The second-order valence-corrected chi connectivity index (χ2v) is 5.38. The molecule has 1 aliphatic rings. The van der Waals surface area contributed by atoms with Gasteiger partial charge in [0.15, 0.2) is 6.61 Å². The molecular weight excluding hydrogens is 268 g/mol. The van der Waals surface area contributed by atoms with Crippen molar-refractivity contribution in [2.75, 3.05) is 13.2 Å². The van der Waals surface area contributed by atoms with Gasteiger partial charge >= 0.3 is 0 Å². The highest BCUT2D eigenvalue weighted by Gasteiger charge is 2.31. The predicted octanol–water partition coefficient (Wildman–Crippen LogP) is 2.58. The molecule has 2 rings (SSSR count). The molecule has 0 heterocycles. The highest BCUT2D eigenvalue weighted by molar-refractivity contribution is 6.01. The van der Waals surface area contributed by atoms with E-state index in [0.29, 0.717) is 29.6 Å². The van der Waals surface area contributed by atoms with Gasteiger partial charge in [-0.2, -0.15) is 0 Å². The fraction of sp³-hybridized carbons (Fsp3) is 0.500. The zero-order chi connectivity index (χ0) is 15.4. The number of carbonyl (C=O) groups is 1. The summed E-state index contributed by atoms with van der Waals surface area (Å²) in [7, 11) is 0. The number of oxime groups is 1. The molecular formula is C16H22N2O3. The van der Waals surface area contributed by atoms with E-state index in [-0.39, 0.29) is 12.5 Å². The number of aryl methyl sites for hydroxylation is 1. The first-order valence-corrected chi connectivity index (χ1v) is 7.28. The molecule has 1 aromatic rings. The van der Waals surface area contributed by atoms with E-state index in [1.165, 1.54) is 0 Å². The molecule has 1 fully saturated rings. The molecule has 0 aromatic heterocycles. The molecule has 0 saturated heterocycles. The summed E-state index contributed by atoms with van der Waals surface area (Å²) in [5.41, 5.74) is 2.22. The van der Waals surface area contributed by atoms with Crippen LogP contribution in [0.15, 0.2) is 23.4 Å². The lowest BCUT2D eigenvalue weighted by Crippen LogP contribution is -2.36. The predicted molar refractivity (Wildman–Crippen MR) is 81.1 cm³/mol. The first-order valence-electron chi connectivity index (χ1n) is 7.28. The van der Waals surface area contributed by atoms with Crippen molar-refractivity contribution >= 4 is 11.6 Å². The molecule has 1 saturated carbocycles. The molecule has 0 unspecified atom stereocenters. The van der Waals surface area contributed by atoms with Crippen LogP contribution in [-0.2, 0) is 4.79 Å². The number of hydrogen-bond donors (Lipinski definition) is 1. The molecule has 0 spiro atoms. The molecule has 1 amide bonds. The molecule has 114 valence electrons. The lowest BCUT2D eigenvalue weighted by Gasteiger charge is -2.21. The van der Waals surface area contributed by atoms with Gasteiger partial charge in [0, 0.05) is 18.2 Å². The number of amides is 1. The van der Waals surface area contributed by atoms with Gasteiger partial charge in [-0.15, -0.1) is 0 Å². The number of hydrogen-bond acceptors (Lipinski definition) is 4. The van der Waals surface area contributed by atoms with E-state index < -0.39 is 0 Å². The Morgan fingerprint density at radius 3 is 2.76 bits per heavy atom. The van der Waals surface area contributed by atoms with Crippen molar-refractivity contribution < 1.29 is 14.7 Å². The zero-order valence-electron chi connectivity index (χ0n) is 12.8.